The molecule has 0 nitrogen and oxygen atoms in total. The molecule has 0 aromatic carbocycles. The maximum atomic E-state index is 16.3. The van der Waals surface area contributed by atoms with Crippen molar-refractivity contribution < 1.29 is 4.11 Å². The smallest absolute Gasteiger partial charge is 0.247 e. The van der Waals surface area contributed by atoms with Crippen LogP contribution in [0, 0.1) is 34.0 Å². The second-order valence-electron chi connectivity index (χ2n) is 14.4. The van der Waals surface area contributed by atoms with Crippen molar-refractivity contribution in [1.82, 2.24) is 0 Å². The van der Waals surface area contributed by atoms with Crippen LogP contribution >= 0.6 is 0 Å². The van der Waals surface area contributed by atoms with Crippen LogP contribution in [-0.4, -0.2) is 8.41 Å². The van der Waals surface area contributed by atoms with Gasteiger partial charge in [0.05, 0.1) is 0 Å². The highest BCUT2D eigenvalue weighted by molar-refractivity contribution is 6.73. The van der Waals surface area contributed by atoms with Crippen molar-refractivity contribution >= 4 is 8.41 Å². The summed E-state index contributed by atoms with van der Waals surface area (Å²) in [5, 5.41) is 0. The number of halogens is 1. The van der Waals surface area contributed by atoms with Crippen LogP contribution in [0.4, 0.5) is 4.11 Å². The van der Waals surface area contributed by atoms with E-state index in [0.29, 0.717) is 34.0 Å². The van der Waals surface area contributed by atoms with E-state index in [2.05, 4.69) is 83.1 Å². The van der Waals surface area contributed by atoms with Crippen LogP contribution in [0.1, 0.15) is 122 Å². The molecule has 0 amide bonds. The maximum absolute atomic E-state index is 16.3. The van der Waals surface area contributed by atoms with Crippen molar-refractivity contribution in [3.63, 3.8) is 0 Å². The number of hydrogen-bond donors (Lipinski definition) is 0. The Kier molecular flexibility index (Phi) is 11.7. The lowest BCUT2D eigenvalue weighted by molar-refractivity contribution is 0.294. The van der Waals surface area contributed by atoms with Gasteiger partial charge in [-0.2, -0.15) is 0 Å². The van der Waals surface area contributed by atoms with Crippen LogP contribution in [0.25, 0.3) is 0 Å². The van der Waals surface area contributed by atoms with Crippen LogP contribution in [-0.2, 0) is 0 Å². The average molecular weight is 429 g/mol. The summed E-state index contributed by atoms with van der Waals surface area (Å²) in [5.74, 6) is 1.91. The molecule has 0 aliphatic heterocycles. The van der Waals surface area contributed by atoms with Crippen molar-refractivity contribution in [2.75, 3.05) is 0 Å². The topological polar surface area (TPSA) is 0 Å². The van der Waals surface area contributed by atoms with E-state index in [0.717, 1.165) is 37.4 Å². The average Bonchev–Trinajstić information content (AvgIpc) is 2.44. The van der Waals surface area contributed by atoms with E-state index in [4.69, 9.17) is 0 Å². The minimum atomic E-state index is -2.66. The quantitative estimate of drug-likeness (QED) is 0.214. The molecule has 0 saturated heterocycles. The minimum absolute atomic E-state index is 0.350. The normalized spacial score (nSPS) is 17.3. The third-order valence-electron chi connectivity index (χ3n) is 6.14. The standard InChI is InChI=1S/C27H57FSi/c1-22(19-25(4,5)6)13-16-29(28,17-14-23(2)20-26(7,8)9)18-15-24(3)21-27(10,11)12/h22-24H,13-21H2,1-12H3/t22-,23-,24+/m1/s1. The molecule has 0 radical (unpaired) electrons. The van der Waals surface area contributed by atoms with Gasteiger partial charge in [-0.1, -0.05) is 102 Å². The first-order valence-corrected chi connectivity index (χ1v) is 15.0. The molecule has 0 bridgehead atoms. The number of rotatable bonds is 12. The van der Waals surface area contributed by atoms with Gasteiger partial charge in [0.15, 0.2) is 0 Å². The molecule has 2 heteroatoms. The van der Waals surface area contributed by atoms with E-state index in [9.17, 15) is 0 Å². The lowest BCUT2D eigenvalue weighted by Crippen LogP contribution is -2.31. The van der Waals surface area contributed by atoms with Gasteiger partial charge in [0.2, 0.25) is 8.41 Å². The Morgan fingerprint density at radius 3 is 0.897 bits per heavy atom. The molecule has 0 rings (SSSR count). The molecule has 0 heterocycles. The first kappa shape index (κ1) is 29.1. The second-order valence-corrected chi connectivity index (χ2v) is 18.2. The van der Waals surface area contributed by atoms with Gasteiger partial charge < -0.3 is 4.11 Å². The summed E-state index contributed by atoms with van der Waals surface area (Å²) in [6.45, 7) is 27.8. The van der Waals surface area contributed by atoms with E-state index in [1.165, 1.54) is 19.3 Å². The zero-order chi connectivity index (χ0) is 23.1. The Bertz CT molecular complexity index is 370. The predicted molar refractivity (Wildman–Crippen MR) is 135 cm³/mol. The fourth-order valence-electron chi connectivity index (χ4n) is 5.33. The van der Waals surface area contributed by atoms with E-state index < -0.39 is 8.41 Å². The molecule has 0 aromatic rings. The van der Waals surface area contributed by atoms with Crippen LogP contribution < -0.4 is 0 Å². The van der Waals surface area contributed by atoms with Gasteiger partial charge >= 0.3 is 0 Å². The summed E-state index contributed by atoms with van der Waals surface area (Å²) in [7, 11) is -2.66. The minimum Gasteiger partial charge on any atom is -0.314 e. The van der Waals surface area contributed by atoms with Crippen LogP contribution in [0.5, 0.6) is 0 Å². The molecule has 0 unspecified atom stereocenters. The summed E-state index contributed by atoms with van der Waals surface area (Å²) in [6, 6.07) is 2.65. The molecule has 0 aromatic heterocycles. The third kappa shape index (κ3) is 17.5. The predicted octanol–water partition coefficient (Wildman–Crippen LogP) is 10.3. The fraction of sp³-hybridized carbons (Fsp3) is 1.00. The molecule has 0 N–H and O–H groups in total. The second kappa shape index (κ2) is 11.7. The molecule has 0 aliphatic carbocycles. The Hall–Kier alpha value is 0.147. The van der Waals surface area contributed by atoms with Crippen molar-refractivity contribution in [3.05, 3.63) is 0 Å². The highest BCUT2D eigenvalue weighted by Crippen LogP contribution is 2.37. The van der Waals surface area contributed by atoms with Gasteiger partial charge in [0, 0.05) is 0 Å². The molecule has 0 aliphatic rings. The SMILES string of the molecule is C[C@H](CC[Si](F)(CC[C@@H](C)CC(C)(C)C)CC[C@H](C)CC(C)(C)C)CC(C)(C)C. The highest BCUT2D eigenvalue weighted by Gasteiger charge is 2.35. The highest BCUT2D eigenvalue weighted by atomic mass is 28.4. The van der Waals surface area contributed by atoms with E-state index >= 15 is 4.11 Å². The zero-order valence-electron chi connectivity index (χ0n) is 22.5. The fourth-order valence-corrected chi connectivity index (χ4v) is 9.11. The molecule has 0 fully saturated rings. The van der Waals surface area contributed by atoms with Gasteiger partial charge in [-0.05, 0) is 71.4 Å². The van der Waals surface area contributed by atoms with Crippen molar-refractivity contribution in [3.8, 4) is 0 Å². The van der Waals surface area contributed by atoms with Crippen molar-refractivity contribution in [1.29, 1.82) is 0 Å². The molecular formula is C27H57FSi. The lowest BCUT2D eigenvalue weighted by Gasteiger charge is -2.30. The monoisotopic (exact) mass is 428 g/mol. The van der Waals surface area contributed by atoms with Crippen LogP contribution in [0.3, 0.4) is 0 Å². The van der Waals surface area contributed by atoms with E-state index in [1.54, 1.807) is 0 Å². The first-order valence-electron chi connectivity index (χ1n) is 12.5. The van der Waals surface area contributed by atoms with Gasteiger partial charge in [-0.15, -0.1) is 0 Å². The maximum Gasteiger partial charge on any atom is 0.247 e. The van der Waals surface area contributed by atoms with Gasteiger partial charge in [0.25, 0.3) is 0 Å². The summed E-state index contributed by atoms with van der Waals surface area (Å²) >= 11 is 0. The summed E-state index contributed by atoms with van der Waals surface area (Å²) in [5.41, 5.74) is 1.05. The zero-order valence-corrected chi connectivity index (χ0v) is 23.5. The summed E-state index contributed by atoms with van der Waals surface area (Å²) < 4.78 is 16.3. The van der Waals surface area contributed by atoms with Crippen molar-refractivity contribution in [2.24, 2.45) is 34.0 Å². The van der Waals surface area contributed by atoms with Gasteiger partial charge in [0.1, 0.15) is 0 Å². The molecule has 29 heavy (non-hydrogen) atoms. The Morgan fingerprint density at radius 1 is 0.517 bits per heavy atom. The van der Waals surface area contributed by atoms with Crippen LogP contribution in [0.2, 0.25) is 18.1 Å². The third-order valence-corrected chi connectivity index (χ3v) is 9.69. The lowest BCUT2D eigenvalue weighted by atomic mass is 9.84. The van der Waals surface area contributed by atoms with Gasteiger partial charge in [-0.25, -0.2) is 0 Å². The molecular weight excluding hydrogens is 371 g/mol. The molecule has 3 atom stereocenters. The number of hydrogen-bond acceptors (Lipinski definition) is 0. The summed E-state index contributed by atoms with van der Waals surface area (Å²) in [6.07, 6.45) is 6.87. The Morgan fingerprint density at radius 2 is 0.724 bits per heavy atom. The van der Waals surface area contributed by atoms with Crippen molar-refractivity contribution in [2.45, 2.75) is 140 Å². The van der Waals surface area contributed by atoms with E-state index in [-0.39, 0.29) is 0 Å². The van der Waals surface area contributed by atoms with Crippen LogP contribution in [0.15, 0.2) is 0 Å². The largest absolute Gasteiger partial charge is 0.314 e. The molecule has 0 spiro atoms. The first-order chi connectivity index (χ1) is 12.8. The molecule has 176 valence electrons. The summed E-state index contributed by atoms with van der Waals surface area (Å²) in [4.78, 5) is 0. The Labute approximate surface area is 186 Å². The Balaban J connectivity index is 4.91. The van der Waals surface area contributed by atoms with Gasteiger partial charge in [-0.3, -0.25) is 0 Å². The van der Waals surface area contributed by atoms with E-state index in [1.807, 2.05) is 0 Å². The molecule has 0 saturated carbocycles.